The number of thioether (sulfide) groups is 2. The van der Waals surface area contributed by atoms with E-state index in [0.29, 0.717) is 29.3 Å². The molecule has 4 rings (SSSR count). The molecule has 17 heteroatoms. The van der Waals surface area contributed by atoms with E-state index < -0.39 is 18.0 Å². The molecule has 2 aromatic heterocycles. The van der Waals surface area contributed by atoms with Gasteiger partial charge in [0.1, 0.15) is 24.2 Å². The van der Waals surface area contributed by atoms with E-state index in [2.05, 4.69) is 37.6 Å². The van der Waals surface area contributed by atoms with Gasteiger partial charge in [-0.05, 0) is 22.4 Å². The van der Waals surface area contributed by atoms with Gasteiger partial charge in [-0.15, -0.1) is 28.2 Å². The Bertz CT molecular complexity index is 1270. The summed E-state index contributed by atoms with van der Waals surface area (Å²) in [5, 5.41) is 30.3. The number of aliphatic carboxylic acids is 1. The molecule has 4 heterocycles. The van der Waals surface area contributed by atoms with Crippen LogP contribution in [-0.2, 0) is 19.2 Å². The van der Waals surface area contributed by atoms with Gasteiger partial charge in [0.25, 0.3) is 5.91 Å². The number of oxime groups is 1. The number of nitrogen functional groups attached to an aromatic ring is 1. The molecule has 2 aliphatic rings. The van der Waals surface area contributed by atoms with E-state index in [4.69, 9.17) is 10.6 Å². The number of carbonyl (C=O) groups is 3. The molecule has 0 aliphatic carbocycles. The number of thiazole rings is 1. The van der Waals surface area contributed by atoms with Crippen LogP contribution < -0.4 is 11.1 Å². The standard InChI is InChI=1S/C20H23N9O5S3/c1-3-5-34-25-15(11-9-36-19(21)22-11)17(31)23-12(4-2)29-20(24-26-27-29)37-8-10-7-35-14-6-13(30)28(14)16(10)18(32)33/h3,9,12,14H,1,4-8H2,2H3,(H2,21,22)(H,23,31)(H,32,33)/b25-15+. The molecule has 2 atom stereocenters. The fraction of sp³-hybridized carbons (Fsp3) is 0.400. The molecule has 0 saturated carbocycles. The zero-order valence-electron chi connectivity index (χ0n) is 19.6. The molecule has 2 unspecified atom stereocenters. The van der Waals surface area contributed by atoms with Crippen LogP contribution in [0.1, 0.15) is 31.6 Å². The lowest BCUT2D eigenvalue weighted by Crippen LogP contribution is -2.54. The number of nitrogens with one attached hydrogen (secondary N) is 1. The molecule has 0 radical (unpaired) electrons. The highest BCUT2D eigenvalue weighted by Gasteiger charge is 2.45. The van der Waals surface area contributed by atoms with Crippen LogP contribution in [0.15, 0.2) is 39.6 Å². The number of hydrogen-bond acceptors (Lipinski definition) is 13. The average Bonchev–Trinajstić information content (AvgIpc) is 3.51. The smallest absolute Gasteiger partial charge is 0.352 e. The van der Waals surface area contributed by atoms with E-state index >= 15 is 0 Å². The number of rotatable bonds is 12. The van der Waals surface area contributed by atoms with Crippen LogP contribution >= 0.6 is 34.9 Å². The Hall–Kier alpha value is -3.44. The fourth-order valence-corrected chi connectivity index (χ4v) is 6.40. The van der Waals surface area contributed by atoms with Gasteiger partial charge in [0.15, 0.2) is 10.8 Å². The molecule has 0 aromatic carbocycles. The second kappa shape index (κ2) is 11.7. The average molecular weight is 566 g/mol. The number of nitrogens with zero attached hydrogens (tertiary/aromatic N) is 7. The number of β-lactam (4-membered cyclic amide) rings is 1. The van der Waals surface area contributed by atoms with Gasteiger partial charge in [0, 0.05) is 16.9 Å². The Labute approximate surface area is 223 Å². The van der Waals surface area contributed by atoms with E-state index in [1.165, 1.54) is 39.2 Å². The van der Waals surface area contributed by atoms with Crippen LogP contribution in [0.2, 0.25) is 0 Å². The number of carboxylic acid groups (broad SMARTS) is 1. The Kier molecular flexibility index (Phi) is 8.45. The number of aromatic nitrogens is 5. The topological polar surface area (TPSA) is 191 Å². The van der Waals surface area contributed by atoms with Crippen molar-refractivity contribution < 1.29 is 24.3 Å². The maximum atomic E-state index is 13.1. The number of fused-ring (bicyclic) bond motifs is 1. The van der Waals surface area contributed by atoms with E-state index in [1.54, 1.807) is 5.38 Å². The van der Waals surface area contributed by atoms with Crippen molar-refractivity contribution in [1.82, 2.24) is 35.4 Å². The Morgan fingerprint density at radius 1 is 1.51 bits per heavy atom. The predicted molar refractivity (Wildman–Crippen MR) is 138 cm³/mol. The molecule has 0 spiro atoms. The van der Waals surface area contributed by atoms with E-state index in [1.807, 2.05) is 6.92 Å². The van der Waals surface area contributed by atoms with Crippen LogP contribution in [-0.4, -0.2) is 82.2 Å². The summed E-state index contributed by atoms with van der Waals surface area (Å²) in [6.07, 6.45) is 1.60. The first-order valence-electron chi connectivity index (χ1n) is 11.0. The number of hydrogen-bond donors (Lipinski definition) is 3. The predicted octanol–water partition coefficient (Wildman–Crippen LogP) is 1.08. The summed E-state index contributed by atoms with van der Waals surface area (Å²) in [4.78, 5) is 47.6. The maximum absolute atomic E-state index is 13.1. The first-order valence-corrected chi connectivity index (χ1v) is 13.9. The summed E-state index contributed by atoms with van der Waals surface area (Å²) in [6.45, 7) is 5.49. The van der Waals surface area contributed by atoms with Crippen molar-refractivity contribution in [3.8, 4) is 0 Å². The third kappa shape index (κ3) is 5.78. The minimum atomic E-state index is -1.14. The van der Waals surface area contributed by atoms with Crippen LogP contribution in [0.4, 0.5) is 5.13 Å². The zero-order valence-corrected chi connectivity index (χ0v) is 22.0. The lowest BCUT2D eigenvalue weighted by atomic mass is 10.1. The van der Waals surface area contributed by atoms with Crippen molar-refractivity contribution in [3.63, 3.8) is 0 Å². The second-order valence-corrected chi connectivity index (χ2v) is 10.7. The number of carboxylic acids is 1. The molecule has 0 bridgehead atoms. The van der Waals surface area contributed by atoms with Gasteiger partial charge in [-0.1, -0.05) is 36.5 Å². The summed E-state index contributed by atoms with van der Waals surface area (Å²) in [6, 6.07) is 0. The summed E-state index contributed by atoms with van der Waals surface area (Å²) in [7, 11) is 0. The Balaban J connectivity index is 1.50. The van der Waals surface area contributed by atoms with Crippen LogP contribution in [0.25, 0.3) is 0 Å². The highest BCUT2D eigenvalue weighted by Crippen LogP contribution is 2.41. The molecule has 2 aromatic rings. The quantitative estimate of drug-likeness (QED) is 0.0830. The minimum Gasteiger partial charge on any atom is -0.477 e. The molecule has 2 amide bonds. The number of anilines is 1. The van der Waals surface area contributed by atoms with Gasteiger partial charge in [-0.3, -0.25) is 14.5 Å². The summed E-state index contributed by atoms with van der Waals surface area (Å²) in [5.74, 6) is -1.17. The van der Waals surface area contributed by atoms with Gasteiger partial charge in [-0.25, -0.2) is 9.78 Å². The van der Waals surface area contributed by atoms with Gasteiger partial charge >= 0.3 is 5.97 Å². The summed E-state index contributed by atoms with van der Waals surface area (Å²) < 4.78 is 1.44. The SMILES string of the molecule is C=CCO/N=C(/C(=O)NC(CC)n1nnnc1SCC1=C(C(=O)O)N2C(=O)CC2SC1)c1csc(N)n1. The van der Waals surface area contributed by atoms with Gasteiger partial charge in [0.2, 0.25) is 11.1 Å². The van der Waals surface area contributed by atoms with Crippen molar-refractivity contribution in [1.29, 1.82) is 0 Å². The molecule has 14 nitrogen and oxygen atoms in total. The molecule has 2 aliphatic heterocycles. The lowest BCUT2D eigenvalue weighted by Gasteiger charge is -2.43. The number of amides is 2. The third-order valence-corrected chi connectivity index (χ3v) is 8.25. The normalized spacial score (nSPS) is 18.2. The number of carbonyl (C=O) groups excluding carboxylic acids is 2. The van der Waals surface area contributed by atoms with Crippen molar-refractivity contribution in [3.05, 3.63) is 35.0 Å². The fourth-order valence-electron chi connectivity index (χ4n) is 3.53. The second-order valence-electron chi connectivity index (χ2n) is 7.68. The van der Waals surface area contributed by atoms with Crippen LogP contribution in [0, 0.1) is 0 Å². The van der Waals surface area contributed by atoms with Crippen LogP contribution in [0.5, 0.6) is 0 Å². The third-order valence-electron chi connectivity index (χ3n) is 5.28. The van der Waals surface area contributed by atoms with Gasteiger partial charge < -0.3 is 21.0 Å². The molecular weight excluding hydrogens is 542 g/mol. The van der Waals surface area contributed by atoms with E-state index in [0.717, 1.165) is 11.3 Å². The highest BCUT2D eigenvalue weighted by atomic mass is 32.2. The van der Waals surface area contributed by atoms with Crippen LogP contribution in [0.3, 0.4) is 0 Å². The Morgan fingerprint density at radius 2 is 2.32 bits per heavy atom. The van der Waals surface area contributed by atoms with Gasteiger partial charge in [0.05, 0.1) is 11.8 Å². The molecule has 1 saturated heterocycles. The molecule has 37 heavy (non-hydrogen) atoms. The first-order chi connectivity index (χ1) is 17.8. The molecule has 1 fully saturated rings. The van der Waals surface area contributed by atoms with Crippen molar-refractivity contribution in [2.45, 2.75) is 36.5 Å². The minimum absolute atomic E-state index is 0.0229. The van der Waals surface area contributed by atoms with Crippen molar-refractivity contribution >= 4 is 63.5 Å². The molecular formula is C20H23N9O5S3. The maximum Gasteiger partial charge on any atom is 0.352 e. The Morgan fingerprint density at radius 3 is 2.97 bits per heavy atom. The zero-order chi connectivity index (χ0) is 26.5. The summed E-state index contributed by atoms with van der Waals surface area (Å²) in [5.41, 5.74) is 6.53. The van der Waals surface area contributed by atoms with Crippen molar-refractivity contribution in [2.75, 3.05) is 23.8 Å². The van der Waals surface area contributed by atoms with Gasteiger partial charge in [-0.2, -0.15) is 4.68 Å². The van der Waals surface area contributed by atoms with E-state index in [9.17, 15) is 19.5 Å². The molecule has 196 valence electrons. The monoisotopic (exact) mass is 565 g/mol. The number of nitrogens with two attached hydrogens (primary N) is 1. The number of tetrazole rings is 1. The first kappa shape index (κ1) is 26.6. The summed E-state index contributed by atoms with van der Waals surface area (Å²) >= 11 is 3.90. The highest BCUT2D eigenvalue weighted by molar-refractivity contribution is 8.00. The van der Waals surface area contributed by atoms with E-state index in [-0.39, 0.29) is 45.9 Å². The lowest BCUT2D eigenvalue weighted by molar-refractivity contribution is -0.146. The largest absolute Gasteiger partial charge is 0.477 e. The van der Waals surface area contributed by atoms with Crippen molar-refractivity contribution in [2.24, 2.45) is 5.16 Å². The molecule has 4 N–H and O–H groups in total.